The molecule has 0 radical (unpaired) electrons. The van der Waals surface area contributed by atoms with E-state index in [-0.39, 0.29) is 27.9 Å². The van der Waals surface area contributed by atoms with E-state index in [2.05, 4.69) is 5.32 Å². The molecule has 0 saturated carbocycles. The number of nitrogens with zero attached hydrogens (tertiary/aromatic N) is 1. The molecule has 0 saturated heterocycles. The first-order chi connectivity index (χ1) is 10.2. The Kier molecular flexibility index (Phi) is 5.73. The van der Waals surface area contributed by atoms with E-state index < -0.39 is 22.1 Å². The lowest BCUT2D eigenvalue weighted by Gasteiger charge is -2.27. The molecule has 0 aromatic heterocycles. The Hall–Kier alpha value is -1.86. The van der Waals surface area contributed by atoms with Crippen molar-refractivity contribution in [1.82, 2.24) is 5.32 Å². The minimum atomic E-state index is -1.17. The highest BCUT2D eigenvalue weighted by Crippen LogP contribution is 2.31. The van der Waals surface area contributed by atoms with Gasteiger partial charge in [-0.3, -0.25) is 19.7 Å². The summed E-state index contributed by atoms with van der Waals surface area (Å²) < 4.78 is 0. The van der Waals surface area contributed by atoms with Gasteiger partial charge in [0.05, 0.1) is 21.4 Å². The minimum Gasteiger partial charge on any atom is -0.392 e. The van der Waals surface area contributed by atoms with Crippen LogP contribution in [0.25, 0.3) is 0 Å². The van der Waals surface area contributed by atoms with Crippen LogP contribution in [0.1, 0.15) is 30.6 Å². The molecule has 0 spiro atoms. The quantitative estimate of drug-likeness (QED) is 0.355. The third-order valence-corrected chi connectivity index (χ3v) is 3.96. The first-order valence-corrected chi connectivity index (χ1v) is 7.22. The average Bonchev–Trinajstić information content (AvgIpc) is 2.48. The van der Waals surface area contributed by atoms with Crippen LogP contribution in [0.15, 0.2) is 12.1 Å². The monoisotopic (exact) mass is 347 g/mol. The van der Waals surface area contributed by atoms with Gasteiger partial charge in [-0.15, -0.1) is 11.6 Å². The Morgan fingerprint density at radius 2 is 2.05 bits per heavy atom. The van der Waals surface area contributed by atoms with Crippen molar-refractivity contribution < 1.29 is 14.5 Å². The maximum absolute atomic E-state index is 12.2. The number of rotatable bonds is 6. The van der Waals surface area contributed by atoms with Gasteiger partial charge in [0.25, 0.3) is 11.6 Å². The van der Waals surface area contributed by atoms with Crippen LogP contribution in [0.3, 0.4) is 0 Å². The van der Waals surface area contributed by atoms with Crippen LogP contribution < -0.4 is 11.1 Å². The van der Waals surface area contributed by atoms with Crippen molar-refractivity contribution in [2.24, 2.45) is 0 Å². The van der Waals surface area contributed by atoms with Crippen LogP contribution in [-0.4, -0.2) is 28.0 Å². The third kappa shape index (κ3) is 3.66. The van der Waals surface area contributed by atoms with E-state index in [1.54, 1.807) is 6.92 Å². The van der Waals surface area contributed by atoms with E-state index in [0.29, 0.717) is 6.42 Å². The van der Waals surface area contributed by atoms with Gasteiger partial charge in [-0.1, -0.05) is 18.5 Å². The predicted octanol–water partition coefficient (Wildman–Crippen LogP) is 2.54. The number of amides is 1. The fourth-order valence-electron chi connectivity index (χ4n) is 1.71. The zero-order chi connectivity index (χ0) is 17.1. The number of Topliss-reactive ketones (excluding diaryl/α,β-unsaturated/α-hetero) is 1. The van der Waals surface area contributed by atoms with Gasteiger partial charge in [-0.2, -0.15) is 0 Å². The molecule has 0 aliphatic carbocycles. The summed E-state index contributed by atoms with van der Waals surface area (Å²) in [4.78, 5) is 34.2. The molecule has 0 fully saturated rings. The maximum Gasteiger partial charge on any atom is 0.294 e. The molecule has 0 aliphatic rings. The van der Waals surface area contributed by atoms with E-state index in [1.165, 1.54) is 13.0 Å². The van der Waals surface area contributed by atoms with Crippen LogP contribution in [0.5, 0.6) is 0 Å². The van der Waals surface area contributed by atoms with Crippen molar-refractivity contribution >= 4 is 46.3 Å². The number of hydrogen-bond donors (Lipinski definition) is 2. The summed E-state index contributed by atoms with van der Waals surface area (Å²) in [5.41, 5.74) is 3.58. The van der Waals surface area contributed by atoms with Crippen molar-refractivity contribution in [1.29, 1.82) is 0 Å². The molecule has 1 amide bonds. The lowest BCUT2D eigenvalue weighted by molar-refractivity contribution is -0.383. The van der Waals surface area contributed by atoms with Gasteiger partial charge in [0.2, 0.25) is 0 Å². The Bertz CT molecular complexity index is 636. The third-order valence-electron chi connectivity index (χ3n) is 3.40. The molecule has 9 heteroatoms. The van der Waals surface area contributed by atoms with Crippen LogP contribution in [0.2, 0.25) is 5.02 Å². The highest BCUT2D eigenvalue weighted by Gasteiger charge is 2.33. The fraction of sp³-hybridized carbons (Fsp3) is 0.385. The van der Waals surface area contributed by atoms with Gasteiger partial charge in [-0.25, -0.2) is 0 Å². The average molecular weight is 348 g/mol. The van der Waals surface area contributed by atoms with E-state index in [0.717, 1.165) is 6.07 Å². The second-order valence-electron chi connectivity index (χ2n) is 4.84. The summed E-state index contributed by atoms with van der Waals surface area (Å²) in [6.07, 6.45) is 0.315. The Morgan fingerprint density at radius 3 is 2.50 bits per heavy atom. The second-order valence-corrected chi connectivity index (χ2v) is 5.52. The SMILES string of the molecule is CCC(C)(NC(=O)c1cc(Cl)c(N)c([N+](=O)[O-])c1)C(=O)CCl. The van der Waals surface area contributed by atoms with Gasteiger partial charge >= 0.3 is 0 Å². The predicted molar refractivity (Wildman–Crippen MR) is 84.4 cm³/mol. The summed E-state index contributed by atoms with van der Waals surface area (Å²) in [5.74, 6) is -1.29. The molecule has 0 aliphatic heterocycles. The smallest absolute Gasteiger partial charge is 0.294 e. The van der Waals surface area contributed by atoms with Crippen molar-refractivity contribution in [3.05, 3.63) is 32.8 Å². The fourth-order valence-corrected chi connectivity index (χ4v) is 2.22. The maximum atomic E-state index is 12.2. The van der Waals surface area contributed by atoms with Crippen LogP contribution in [0.4, 0.5) is 11.4 Å². The first-order valence-electron chi connectivity index (χ1n) is 6.31. The second kappa shape index (κ2) is 6.93. The van der Waals surface area contributed by atoms with E-state index in [4.69, 9.17) is 28.9 Å². The normalized spacial score (nSPS) is 13.3. The molecule has 1 atom stereocenters. The molecular formula is C13H15Cl2N3O4. The lowest BCUT2D eigenvalue weighted by atomic mass is 9.93. The van der Waals surface area contributed by atoms with Crippen molar-refractivity contribution in [3.8, 4) is 0 Å². The number of carbonyl (C=O) groups is 2. The molecule has 0 bridgehead atoms. The summed E-state index contributed by atoms with van der Waals surface area (Å²) in [7, 11) is 0. The summed E-state index contributed by atoms with van der Waals surface area (Å²) in [6, 6.07) is 2.22. The van der Waals surface area contributed by atoms with E-state index >= 15 is 0 Å². The molecule has 3 N–H and O–H groups in total. The number of benzene rings is 1. The van der Waals surface area contributed by atoms with Crippen molar-refractivity contribution in [2.45, 2.75) is 25.8 Å². The number of hydrogen-bond acceptors (Lipinski definition) is 5. The Labute approximate surface area is 136 Å². The number of anilines is 1. The minimum absolute atomic E-state index is 0.0621. The van der Waals surface area contributed by atoms with Gasteiger partial charge in [0.15, 0.2) is 5.78 Å². The topological polar surface area (TPSA) is 115 Å². The number of halogens is 2. The molecule has 7 nitrogen and oxygen atoms in total. The number of ketones is 1. The largest absolute Gasteiger partial charge is 0.392 e. The molecule has 0 heterocycles. The van der Waals surface area contributed by atoms with Crippen LogP contribution in [-0.2, 0) is 4.79 Å². The lowest BCUT2D eigenvalue weighted by Crippen LogP contribution is -2.52. The number of nitrogens with one attached hydrogen (secondary N) is 1. The molecule has 1 aromatic rings. The molecule has 1 aromatic carbocycles. The first kappa shape index (κ1) is 18.2. The molecular weight excluding hydrogens is 333 g/mol. The summed E-state index contributed by atoms with van der Waals surface area (Å²) >= 11 is 11.3. The van der Waals surface area contributed by atoms with Gasteiger partial charge < -0.3 is 11.1 Å². The van der Waals surface area contributed by atoms with Gasteiger partial charge in [-0.05, 0) is 19.4 Å². The van der Waals surface area contributed by atoms with Crippen molar-refractivity contribution in [3.63, 3.8) is 0 Å². The highest BCUT2D eigenvalue weighted by molar-refractivity contribution is 6.34. The number of nitro groups is 1. The Morgan fingerprint density at radius 1 is 1.45 bits per heavy atom. The molecule has 120 valence electrons. The number of carbonyl (C=O) groups excluding carboxylic acids is 2. The van der Waals surface area contributed by atoms with E-state index in [9.17, 15) is 19.7 Å². The van der Waals surface area contributed by atoms with Gasteiger partial charge in [0, 0.05) is 11.6 Å². The summed E-state index contributed by atoms with van der Waals surface area (Å²) in [5, 5.41) is 13.3. The van der Waals surface area contributed by atoms with Gasteiger partial charge in [0.1, 0.15) is 5.69 Å². The highest BCUT2D eigenvalue weighted by atomic mass is 35.5. The number of nitrogens with two attached hydrogens (primary N) is 1. The number of nitrogen functional groups attached to an aromatic ring is 1. The Balaban J connectivity index is 3.19. The zero-order valence-corrected chi connectivity index (χ0v) is 13.5. The van der Waals surface area contributed by atoms with Crippen molar-refractivity contribution in [2.75, 3.05) is 11.6 Å². The van der Waals surface area contributed by atoms with E-state index in [1.807, 2.05) is 0 Å². The summed E-state index contributed by atoms with van der Waals surface area (Å²) in [6.45, 7) is 3.24. The number of nitro benzene ring substituents is 1. The molecule has 22 heavy (non-hydrogen) atoms. The standard InChI is InChI=1S/C13H15Cl2N3O4/c1-3-13(2,10(19)6-14)17-12(20)7-4-8(15)11(16)9(5-7)18(21)22/h4-5H,3,6,16H2,1-2H3,(H,17,20). The molecule has 1 unspecified atom stereocenters. The molecule has 1 rings (SSSR count). The number of alkyl halides is 1. The zero-order valence-electron chi connectivity index (χ0n) is 12.0. The van der Waals surface area contributed by atoms with Crippen LogP contribution in [0, 0.1) is 10.1 Å². The van der Waals surface area contributed by atoms with Crippen LogP contribution >= 0.6 is 23.2 Å².